The summed E-state index contributed by atoms with van der Waals surface area (Å²) >= 11 is 0. The zero-order chi connectivity index (χ0) is 13.6. The Bertz CT molecular complexity index is 256. The number of hydrogen-bond donors (Lipinski definition) is 1. The number of nitrogens with zero attached hydrogens (tertiary/aromatic N) is 1. The first kappa shape index (κ1) is 16.0. The Labute approximate surface area is 104 Å². The maximum Gasteiger partial charge on any atom is 0.434 e. The van der Waals surface area contributed by atoms with Crippen LogP contribution >= 0.6 is 0 Å². The van der Waals surface area contributed by atoms with Crippen molar-refractivity contribution in [1.82, 2.24) is 5.06 Å². The van der Waals surface area contributed by atoms with Crippen LogP contribution in [0.1, 0.15) is 47.5 Å². The van der Waals surface area contributed by atoms with Gasteiger partial charge in [0.15, 0.2) is 0 Å². The normalized spacial score (nSPS) is 13.4. The van der Waals surface area contributed by atoms with E-state index in [9.17, 15) is 10.0 Å². The van der Waals surface area contributed by atoms with E-state index in [2.05, 4.69) is 6.58 Å². The summed E-state index contributed by atoms with van der Waals surface area (Å²) in [5.41, 5.74) is -0.603. The molecular formula is C13H25NO3. The van der Waals surface area contributed by atoms with Gasteiger partial charge in [-0.2, -0.15) is 5.06 Å². The van der Waals surface area contributed by atoms with Crippen LogP contribution in [-0.2, 0) is 4.74 Å². The fourth-order valence-corrected chi connectivity index (χ4v) is 1.49. The zero-order valence-corrected chi connectivity index (χ0v) is 11.6. The van der Waals surface area contributed by atoms with Gasteiger partial charge in [0.2, 0.25) is 0 Å². The second-order valence-corrected chi connectivity index (χ2v) is 5.63. The summed E-state index contributed by atoms with van der Waals surface area (Å²) in [4.78, 5) is 11.7. The lowest BCUT2D eigenvalue weighted by atomic mass is 10.0. The number of ether oxygens (including phenoxy) is 1. The van der Waals surface area contributed by atoms with Crippen molar-refractivity contribution < 1.29 is 14.7 Å². The lowest BCUT2D eigenvalue weighted by molar-refractivity contribution is -0.122. The van der Waals surface area contributed by atoms with E-state index in [0.717, 1.165) is 0 Å². The van der Waals surface area contributed by atoms with Crippen LogP contribution in [0.3, 0.4) is 0 Å². The maximum atomic E-state index is 11.7. The van der Waals surface area contributed by atoms with E-state index in [4.69, 9.17) is 4.74 Å². The van der Waals surface area contributed by atoms with Crippen LogP contribution in [-0.4, -0.2) is 28.0 Å². The van der Waals surface area contributed by atoms with Gasteiger partial charge in [-0.25, -0.2) is 4.79 Å². The number of hydroxylamine groups is 2. The van der Waals surface area contributed by atoms with Crippen molar-refractivity contribution in [1.29, 1.82) is 0 Å². The number of hydrogen-bond acceptors (Lipinski definition) is 3. The molecule has 0 radical (unpaired) electrons. The summed E-state index contributed by atoms with van der Waals surface area (Å²) in [6.07, 6.45) is 2.25. The highest BCUT2D eigenvalue weighted by Gasteiger charge is 2.26. The molecule has 0 aromatic carbocycles. The highest BCUT2D eigenvalue weighted by Crippen LogP contribution is 2.17. The van der Waals surface area contributed by atoms with Crippen molar-refractivity contribution in [3.8, 4) is 0 Å². The van der Waals surface area contributed by atoms with Crippen LogP contribution in [0.5, 0.6) is 0 Å². The van der Waals surface area contributed by atoms with E-state index in [1.165, 1.54) is 0 Å². The fraction of sp³-hybridized carbons (Fsp3) is 0.769. The summed E-state index contributed by atoms with van der Waals surface area (Å²) in [5.74, 6) is 0.386. The van der Waals surface area contributed by atoms with Crippen molar-refractivity contribution in [3.05, 3.63) is 12.7 Å². The molecule has 1 amide bonds. The lowest BCUT2D eigenvalue weighted by Gasteiger charge is -2.29. The molecule has 0 heterocycles. The molecule has 1 unspecified atom stereocenters. The fourth-order valence-electron chi connectivity index (χ4n) is 1.49. The Morgan fingerprint density at radius 2 is 2.00 bits per heavy atom. The SMILES string of the molecule is C=CCC(CC(C)C)N(O)C(=O)OC(C)(C)C. The van der Waals surface area contributed by atoms with E-state index >= 15 is 0 Å². The largest absolute Gasteiger partial charge is 0.442 e. The Morgan fingerprint density at radius 3 is 2.35 bits per heavy atom. The van der Waals surface area contributed by atoms with Crippen molar-refractivity contribution in [3.63, 3.8) is 0 Å². The predicted octanol–water partition coefficient (Wildman–Crippen LogP) is 3.60. The molecule has 0 aliphatic carbocycles. The van der Waals surface area contributed by atoms with Crippen molar-refractivity contribution in [2.24, 2.45) is 5.92 Å². The van der Waals surface area contributed by atoms with Gasteiger partial charge in [-0.1, -0.05) is 19.9 Å². The molecule has 1 N–H and O–H groups in total. The van der Waals surface area contributed by atoms with Gasteiger partial charge in [0.1, 0.15) is 5.60 Å². The minimum Gasteiger partial charge on any atom is -0.442 e. The summed E-state index contributed by atoms with van der Waals surface area (Å²) < 4.78 is 5.11. The second-order valence-electron chi connectivity index (χ2n) is 5.63. The van der Waals surface area contributed by atoms with Gasteiger partial charge < -0.3 is 4.74 Å². The molecule has 0 saturated heterocycles. The van der Waals surface area contributed by atoms with E-state index in [1.54, 1.807) is 26.8 Å². The Kier molecular flexibility index (Phi) is 6.24. The van der Waals surface area contributed by atoms with E-state index in [-0.39, 0.29) is 6.04 Å². The first-order chi connectivity index (χ1) is 7.67. The van der Waals surface area contributed by atoms with Crippen molar-refractivity contribution in [2.75, 3.05) is 0 Å². The van der Waals surface area contributed by atoms with Gasteiger partial charge in [-0.05, 0) is 39.5 Å². The predicted molar refractivity (Wildman–Crippen MR) is 67.9 cm³/mol. The van der Waals surface area contributed by atoms with Crippen LogP contribution < -0.4 is 0 Å². The monoisotopic (exact) mass is 243 g/mol. The third kappa shape index (κ3) is 7.00. The van der Waals surface area contributed by atoms with E-state index < -0.39 is 11.7 Å². The molecule has 0 saturated carbocycles. The molecule has 4 heteroatoms. The van der Waals surface area contributed by atoms with Crippen LogP contribution in [0.4, 0.5) is 4.79 Å². The van der Waals surface area contributed by atoms with Gasteiger partial charge >= 0.3 is 6.09 Å². The highest BCUT2D eigenvalue weighted by molar-refractivity contribution is 5.67. The zero-order valence-electron chi connectivity index (χ0n) is 11.6. The van der Waals surface area contributed by atoms with Crippen LogP contribution in [0.15, 0.2) is 12.7 Å². The quantitative estimate of drug-likeness (QED) is 0.456. The summed E-state index contributed by atoms with van der Waals surface area (Å²) in [7, 11) is 0. The molecule has 0 fully saturated rings. The molecule has 0 aliphatic rings. The number of carbonyl (C=O) groups excluding carboxylic acids is 1. The standard InChI is InChI=1S/C13H25NO3/c1-7-8-11(9-10(2)3)14(16)12(15)17-13(4,5)6/h7,10-11,16H,1,8-9H2,2-6H3. The minimum absolute atomic E-state index is 0.276. The van der Waals surface area contributed by atoms with E-state index in [0.29, 0.717) is 23.8 Å². The summed E-state index contributed by atoms with van der Waals surface area (Å²) in [5, 5.41) is 10.5. The molecule has 0 bridgehead atoms. The van der Waals surface area contributed by atoms with Crippen LogP contribution in [0.2, 0.25) is 0 Å². The minimum atomic E-state index is -0.704. The van der Waals surface area contributed by atoms with Gasteiger partial charge in [-0.3, -0.25) is 5.21 Å². The molecular weight excluding hydrogens is 218 g/mol. The number of carbonyl (C=O) groups is 1. The number of amides is 1. The van der Waals surface area contributed by atoms with Crippen LogP contribution in [0.25, 0.3) is 0 Å². The smallest absolute Gasteiger partial charge is 0.434 e. The molecule has 0 spiro atoms. The first-order valence-corrected chi connectivity index (χ1v) is 5.99. The first-order valence-electron chi connectivity index (χ1n) is 5.99. The molecule has 0 aromatic rings. The molecule has 0 rings (SSSR count). The second kappa shape index (κ2) is 6.64. The third-order valence-corrected chi connectivity index (χ3v) is 2.11. The maximum absolute atomic E-state index is 11.7. The molecule has 17 heavy (non-hydrogen) atoms. The van der Waals surface area contributed by atoms with Crippen molar-refractivity contribution >= 4 is 6.09 Å². The Balaban J connectivity index is 4.53. The van der Waals surface area contributed by atoms with Crippen LogP contribution in [0, 0.1) is 5.92 Å². The van der Waals surface area contributed by atoms with Gasteiger partial charge in [0.25, 0.3) is 0 Å². The van der Waals surface area contributed by atoms with Crippen molar-refractivity contribution in [2.45, 2.75) is 59.1 Å². The summed E-state index contributed by atoms with van der Waals surface area (Å²) in [6, 6.07) is -0.276. The lowest BCUT2D eigenvalue weighted by Crippen LogP contribution is -2.41. The molecule has 100 valence electrons. The molecule has 4 nitrogen and oxygen atoms in total. The van der Waals surface area contributed by atoms with Gasteiger partial charge in [0.05, 0.1) is 6.04 Å². The average Bonchev–Trinajstić information content (AvgIpc) is 2.12. The Morgan fingerprint density at radius 1 is 1.47 bits per heavy atom. The molecule has 0 aliphatic heterocycles. The molecule has 1 atom stereocenters. The van der Waals surface area contributed by atoms with Gasteiger partial charge in [-0.15, -0.1) is 6.58 Å². The number of rotatable bonds is 5. The Hall–Kier alpha value is -1.03. The third-order valence-electron chi connectivity index (χ3n) is 2.11. The average molecular weight is 243 g/mol. The molecule has 0 aromatic heterocycles. The summed E-state index contributed by atoms with van der Waals surface area (Å²) in [6.45, 7) is 13.0. The van der Waals surface area contributed by atoms with E-state index in [1.807, 2.05) is 13.8 Å². The van der Waals surface area contributed by atoms with Gasteiger partial charge in [0, 0.05) is 0 Å². The topological polar surface area (TPSA) is 49.8 Å². The highest BCUT2D eigenvalue weighted by atomic mass is 16.6.